The number of imidazole rings is 1. The minimum absolute atomic E-state index is 0.123. The molecule has 1 N–H and O–H groups in total. The Bertz CT molecular complexity index is 1370. The summed E-state index contributed by atoms with van der Waals surface area (Å²) in [6.07, 6.45) is 3.28. The molecule has 0 saturated carbocycles. The van der Waals surface area contributed by atoms with E-state index in [2.05, 4.69) is 34.2 Å². The first-order valence-electron chi connectivity index (χ1n) is 9.75. The minimum atomic E-state index is 0.123. The lowest BCUT2D eigenvalue weighted by Crippen LogP contribution is -1.94. The first-order chi connectivity index (χ1) is 14.6. The number of hydrogen-bond donors (Lipinski definition) is 1. The van der Waals surface area contributed by atoms with Gasteiger partial charge in [-0.25, -0.2) is 4.98 Å². The van der Waals surface area contributed by atoms with E-state index in [-0.39, 0.29) is 5.75 Å². The van der Waals surface area contributed by atoms with Crippen molar-refractivity contribution in [2.75, 3.05) is 0 Å². The average Bonchev–Trinajstić information content (AvgIpc) is 3.12. The molecule has 0 spiro atoms. The molecule has 3 aromatic heterocycles. The third kappa shape index (κ3) is 3.01. The summed E-state index contributed by atoms with van der Waals surface area (Å²) in [4.78, 5) is 13.6. The molecule has 5 rings (SSSR count). The summed E-state index contributed by atoms with van der Waals surface area (Å²) < 4.78 is 2.01. The van der Waals surface area contributed by atoms with Gasteiger partial charge in [-0.15, -0.1) is 0 Å². The van der Waals surface area contributed by atoms with E-state index in [1.807, 2.05) is 61.0 Å². The molecule has 3 heterocycles. The maximum Gasteiger partial charge on any atom is 0.144 e. The number of hydrogen-bond acceptors (Lipinski definition) is 4. The molecular weight excluding hydrogens is 372 g/mol. The van der Waals surface area contributed by atoms with Crippen LogP contribution in [0.25, 0.3) is 44.8 Å². The van der Waals surface area contributed by atoms with Crippen molar-refractivity contribution in [2.45, 2.75) is 6.92 Å². The lowest BCUT2D eigenvalue weighted by molar-refractivity contribution is 0.473. The first-order valence-corrected chi connectivity index (χ1v) is 9.75. The predicted octanol–water partition coefficient (Wildman–Crippen LogP) is 5.38. The number of aryl methyl sites for hydroxylation is 2. The summed E-state index contributed by atoms with van der Waals surface area (Å²) in [7, 11) is 1.97. The van der Waals surface area contributed by atoms with Crippen LogP contribution < -0.4 is 0 Å². The number of aromatic hydroxyl groups is 1. The van der Waals surface area contributed by atoms with E-state index in [0.717, 1.165) is 39.1 Å². The zero-order valence-electron chi connectivity index (χ0n) is 16.7. The first kappa shape index (κ1) is 18.1. The maximum atomic E-state index is 10.4. The van der Waals surface area contributed by atoms with Gasteiger partial charge in [-0.1, -0.05) is 36.4 Å². The van der Waals surface area contributed by atoms with Gasteiger partial charge >= 0.3 is 0 Å². The van der Waals surface area contributed by atoms with E-state index in [1.54, 1.807) is 6.20 Å². The molecule has 5 heteroatoms. The van der Waals surface area contributed by atoms with Crippen LogP contribution in [0.4, 0.5) is 0 Å². The minimum Gasteiger partial charge on any atom is -0.506 e. The summed E-state index contributed by atoms with van der Waals surface area (Å²) >= 11 is 0. The number of pyridine rings is 2. The van der Waals surface area contributed by atoms with E-state index >= 15 is 0 Å². The highest BCUT2D eigenvalue weighted by Crippen LogP contribution is 2.35. The predicted molar refractivity (Wildman–Crippen MR) is 119 cm³/mol. The Kier molecular flexibility index (Phi) is 4.29. The van der Waals surface area contributed by atoms with Gasteiger partial charge in [-0.05, 0) is 42.8 Å². The highest BCUT2D eigenvalue weighted by atomic mass is 16.3. The van der Waals surface area contributed by atoms with Crippen LogP contribution >= 0.6 is 0 Å². The third-order valence-corrected chi connectivity index (χ3v) is 5.31. The molecule has 0 radical (unpaired) electrons. The van der Waals surface area contributed by atoms with Crippen molar-refractivity contribution in [1.29, 1.82) is 0 Å². The molecule has 0 amide bonds. The topological polar surface area (TPSA) is 63.8 Å². The molecule has 0 atom stereocenters. The summed E-state index contributed by atoms with van der Waals surface area (Å²) in [5.74, 6) is 0.832. The van der Waals surface area contributed by atoms with E-state index in [4.69, 9.17) is 4.98 Å². The average molecular weight is 392 g/mol. The van der Waals surface area contributed by atoms with Crippen LogP contribution in [-0.4, -0.2) is 24.6 Å². The van der Waals surface area contributed by atoms with Gasteiger partial charge in [-0.3, -0.25) is 9.97 Å². The van der Waals surface area contributed by atoms with Gasteiger partial charge in [-0.2, -0.15) is 0 Å². The molecule has 30 heavy (non-hydrogen) atoms. The van der Waals surface area contributed by atoms with Crippen molar-refractivity contribution in [1.82, 2.24) is 19.5 Å². The standard InChI is InChI=1S/C25H20N4O/c1-16-13-20(23(30)15-27-16)25-28-24-19(9-6-11-22(24)29(25)2)17-7-5-8-18(14-17)21-10-3-4-12-26-21/h3-15,30H,1-2H3. The van der Waals surface area contributed by atoms with Crippen LogP contribution in [0.3, 0.4) is 0 Å². The highest BCUT2D eigenvalue weighted by Gasteiger charge is 2.17. The Morgan fingerprint density at radius 2 is 1.67 bits per heavy atom. The number of nitrogens with zero attached hydrogens (tertiary/aromatic N) is 4. The number of para-hydroxylation sites is 1. The molecule has 5 nitrogen and oxygen atoms in total. The normalized spacial score (nSPS) is 11.1. The molecule has 0 unspecified atom stereocenters. The summed E-state index contributed by atoms with van der Waals surface area (Å²) in [6.45, 7) is 1.90. The van der Waals surface area contributed by atoms with Gasteiger partial charge in [0.05, 0.1) is 28.5 Å². The highest BCUT2D eigenvalue weighted by molar-refractivity contribution is 5.95. The van der Waals surface area contributed by atoms with Gasteiger partial charge in [0.25, 0.3) is 0 Å². The second-order valence-corrected chi connectivity index (χ2v) is 7.31. The van der Waals surface area contributed by atoms with Crippen LogP contribution in [0.5, 0.6) is 5.75 Å². The molecule has 2 aromatic carbocycles. The Labute approximate surface area is 174 Å². The fourth-order valence-electron chi connectivity index (χ4n) is 3.80. The van der Waals surface area contributed by atoms with E-state index in [1.165, 1.54) is 6.20 Å². The Balaban J connectivity index is 1.70. The molecule has 0 fully saturated rings. The molecule has 0 bridgehead atoms. The lowest BCUT2D eigenvalue weighted by atomic mass is 10.0. The van der Waals surface area contributed by atoms with Gasteiger partial charge in [0.1, 0.15) is 11.6 Å². The number of benzene rings is 2. The molecule has 0 aliphatic carbocycles. The zero-order chi connectivity index (χ0) is 20.7. The molecule has 5 aromatic rings. The van der Waals surface area contributed by atoms with Crippen molar-refractivity contribution in [3.05, 3.63) is 84.8 Å². The fraction of sp³-hybridized carbons (Fsp3) is 0.0800. The second kappa shape index (κ2) is 7.12. The second-order valence-electron chi connectivity index (χ2n) is 7.31. The third-order valence-electron chi connectivity index (χ3n) is 5.31. The van der Waals surface area contributed by atoms with E-state index in [9.17, 15) is 5.11 Å². The van der Waals surface area contributed by atoms with Crippen molar-refractivity contribution in [3.63, 3.8) is 0 Å². The molecule has 0 aliphatic heterocycles. The van der Waals surface area contributed by atoms with Crippen LogP contribution in [-0.2, 0) is 7.05 Å². The largest absolute Gasteiger partial charge is 0.506 e. The molecule has 0 saturated heterocycles. The van der Waals surface area contributed by atoms with Crippen LogP contribution in [0.2, 0.25) is 0 Å². The van der Waals surface area contributed by atoms with Crippen molar-refractivity contribution >= 4 is 11.0 Å². The number of fused-ring (bicyclic) bond motifs is 1. The number of rotatable bonds is 3. The van der Waals surface area contributed by atoms with Crippen LogP contribution in [0.1, 0.15) is 5.69 Å². The van der Waals surface area contributed by atoms with Gasteiger partial charge in [0.2, 0.25) is 0 Å². The van der Waals surface area contributed by atoms with Crippen LogP contribution in [0.15, 0.2) is 79.1 Å². The summed E-state index contributed by atoms with van der Waals surface area (Å²) in [5.41, 5.74) is 7.50. The van der Waals surface area contributed by atoms with E-state index < -0.39 is 0 Å². The van der Waals surface area contributed by atoms with Crippen LogP contribution in [0, 0.1) is 6.92 Å². The smallest absolute Gasteiger partial charge is 0.144 e. The quantitative estimate of drug-likeness (QED) is 0.448. The van der Waals surface area contributed by atoms with Gasteiger partial charge in [0, 0.05) is 30.1 Å². The van der Waals surface area contributed by atoms with Crippen molar-refractivity contribution < 1.29 is 5.11 Å². The fourth-order valence-corrected chi connectivity index (χ4v) is 3.80. The molecular formula is C25H20N4O. The van der Waals surface area contributed by atoms with Crippen molar-refractivity contribution in [2.24, 2.45) is 7.05 Å². The summed E-state index contributed by atoms with van der Waals surface area (Å²) in [6, 6.07) is 22.3. The molecule has 146 valence electrons. The monoisotopic (exact) mass is 392 g/mol. The molecule has 0 aliphatic rings. The van der Waals surface area contributed by atoms with Crippen molar-refractivity contribution in [3.8, 4) is 39.5 Å². The summed E-state index contributed by atoms with van der Waals surface area (Å²) in [5, 5.41) is 10.4. The van der Waals surface area contributed by atoms with Gasteiger partial charge < -0.3 is 9.67 Å². The number of aromatic nitrogens is 4. The Morgan fingerprint density at radius 1 is 0.833 bits per heavy atom. The Morgan fingerprint density at radius 3 is 2.50 bits per heavy atom. The van der Waals surface area contributed by atoms with E-state index in [0.29, 0.717) is 11.4 Å². The zero-order valence-corrected chi connectivity index (χ0v) is 16.7. The van der Waals surface area contributed by atoms with Gasteiger partial charge in [0.15, 0.2) is 0 Å². The maximum absolute atomic E-state index is 10.4. The Hall–Kier alpha value is -3.99. The SMILES string of the molecule is Cc1cc(-c2nc3c(-c4cccc(-c5ccccn5)c4)cccc3n2C)c(O)cn1. The lowest BCUT2D eigenvalue weighted by Gasteiger charge is -2.07.